The molecule has 2 aromatic rings. The maximum Gasteiger partial charge on any atom is 0.265 e. The van der Waals surface area contributed by atoms with Gasteiger partial charge in [-0.25, -0.2) is 0 Å². The summed E-state index contributed by atoms with van der Waals surface area (Å²) in [6, 6.07) is 9.02. The van der Waals surface area contributed by atoms with Crippen molar-refractivity contribution >= 4 is 23.4 Å². The van der Waals surface area contributed by atoms with Crippen LogP contribution in [0.25, 0.3) is 0 Å². The fourth-order valence-corrected chi connectivity index (χ4v) is 2.82. The van der Waals surface area contributed by atoms with Gasteiger partial charge in [0.1, 0.15) is 12.3 Å². The number of amides is 3. The highest BCUT2D eigenvalue weighted by Gasteiger charge is 2.25. The number of benzene rings is 1. The minimum absolute atomic E-state index is 0.00920. The van der Waals surface area contributed by atoms with E-state index in [1.54, 1.807) is 22.9 Å². The fraction of sp³-hybridized carbons (Fsp3) is 0.333. The Morgan fingerprint density at radius 1 is 1.19 bits per heavy atom. The van der Waals surface area contributed by atoms with Gasteiger partial charge in [0.05, 0.1) is 11.4 Å². The molecule has 1 aliphatic heterocycles. The molecular formula is C18H21N5O4. The Bertz CT molecular complexity index is 876. The maximum absolute atomic E-state index is 12.1. The first-order valence-electron chi connectivity index (χ1n) is 8.55. The molecule has 3 amide bonds. The predicted octanol–water partition coefficient (Wildman–Crippen LogP) is 0.463. The van der Waals surface area contributed by atoms with Crippen LogP contribution in [0.15, 0.2) is 30.3 Å². The van der Waals surface area contributed by atoms with Gasteiger partial charge in [0.2, 0.25) is 5.91 Å². The van der Waals surface area contributed by atoms with Gasteiger partial charge in [-0.1, -0.05) is 12.1 Å². The zero-order valence-electron chi connectivity index (χ0n) is 15.2. The average Bonchev–Trinajstić information content (AvgIpc) is 2.96. The van der Waals surface area contributed by atoms with E-state index in [2.05, 4.69) is 16.0 Å². The first kappa shape index (κ1) is 18.4. The van der Waals surface area contributed by atoms with E-state index in [9.17, 15) is 14.4 Å². The molecule has 1 aromatic heterocycles. The number of hydrogen-bond acceptors (Lipinski definition) is 5. The summed E-state index contributed by atoms with van der Waals surface area (Å²) in [7, 11) is 0. The lowest BCUT2D eigenvalue weighted by Gasteiger charge is -2.29. The number of nitrogens with zero attached hydrogens (tertiary/aromatic N) is 3. The molecule has 0 atom stereocenters. The van der Waals surface area contributed by atoms with E-state index in [-0.39, 0.29) is 37.9 Å². The number of aromatic nitrogens is 2. The third-order valence-corrected chi connectivity index (χ3v) is 4.11. The number of hydrazine groups is 1. The number of carbonyl (C=O) groups excluding carboxylic acids is 3. The first-order chi connectivity index (χ1) is 12.9. The monoisotopic (exact) mass is 371 g/mol. The lowest BCUT2D eigenvalue weighted by atomic mass is 10.2. The highest BCUT2D eigenvalue weighted by atomic mass is 16.5. The number of fused-ring (bicyclic) bond motifs is 1. The van der Waals surface area contributed by atoms with Crippen LogP contribution in [0.1, 0.15) is 17.8 Å². The molecule has 0 bridgehead atoms. The van der Waals surface area contributed by atoms with Gasteiger partial charge in [-0.3, -0.25) is 29.9 Å². The zero-order valence-corrected chi connectivity index (χ0v) is 15.2. The largest absolute Gasteiger partial charge is 0.482 e. The van der Waals surface area contributed by atoms with E-state index < -0.39 is 5.91 Å². The van der Waals surface area contributed by atoms with Crippen LogP contribution in [0.3, 0.4) is 0 Å². The number of ether oxygens (including phenoxy) is 1. The van der Waals surface area contributed by atoms with Gasteiger partial charge < -0.3 is 9.64 Å². The summed E-state index contributed by atoms with van der Waals surface area (Å²) in [4.78, 5) is 37.5. The van der Waals surface area contributed by atoms with Crippen LogP contribution < -0.4 is 20.5 Å². The van der Waals surface area contributed by atoms with Gasteiger partial charge in [-0.05, 0) is 32.0 Å². The standard InChI is InChI=1S/C18H21N5O4/c1-12-9-13(2)23(21-12)10-17(25)20-19-16(24)7-8-22-14-5-3-4-6-15(14)27-11-18(22)26/h3-6,9H,7-8,10-11H2,1-2H3,(H,19,24)(H,20,25). The van der Waals surface area contributed by atoms with Crippen molar-refractivity contribution in [2.24, 2.45) is 0 Å². The molecule has 3 rings (SSSR count). The number of rotatable bonds is 5. The number of carbonyl (C=O) groups is 3. The number of anilines is 1. The first-order valence-corrected chi connectivity index (χ1v) is 8.55. The Morgan fingerprint density at radius 3 is 2.67 bits per heavy atom. The summed E-state index contributed by atoms with van der Waals surface area (Å²) in [6.45, 7) is 3.84. The highest BCUT2D eigenvalue weighted by Crippen LogP contribution is 2.31. The van der Waals surface area contributed by atoms with E-state index in [4.69, 9.17) is 4.74 Å². The van der Waals surface area contributed by atoms with Crippen molar-refractivity contribution in [3.8, 4) is 5.75 Å². The minimum atomic E-state index is -0.395. The Hall–Kier alpha value is -3.36. The van der Waals surface area contributed by atoms with Gasteiger partial charge in [0.15, 0.2) is 6.61 Å². The number of nitrogens with one attached hydrogen (secondary N) is 2. The van der Waals surface area contributed by atoms with Crippen molar-refractivity contribution in [3.05, 3.63) is 41.7 Å². The van der Waals surface area contributed by atoms with Gasteiger partial charge in [-0.15, -0.1) is 0 Å². The lowest BCUT2D eigenvalue weighted by Crippen LogP contribution is -2.45. The molecule has 9 heteroatoms. The van der Waals surface area contributed by atoms with E-state index in [0.717, 1.165) is 11.4 Å². The van der Waals surface area contributed by atoms with Gasteiger partial charge in [0, 0.05) is 18.7 Å². The summed E-state index contributed by atoms with van der Waals surface area (Å²) >= 11 is 0. The molecule has 0 fully saturated rings. The molecule has 2 heterocycles. The SMILES string of the molecule is Cc1cc(C)n(CC(=O)NNC(=O)CCN2C(=O)COc3ccccc32)n1. The Labute approximate surface area is 156 Å². The summed E-state index contributed by atoms with van der Waals surface area (Å²) < 4.78 is 6.92. The maximum atomic E-state index is 12.1. The van der Waals surface area contributed by atoms with E-state index in [1.807, 2.05) is 26.0 Å². The number of para-hydroxylation sites is 2. The normalized spacial score (nSPS) is 13.0. The molecule has 1 aliphatic rings. The van der Waals surface area contributed by atoms with Crippen LogP contribution in [0.5, 0.6) is 5.75 Å². The highest BCUT2D eigenvalue weighted by molar-refractivity contribution is 5.98. The third-order valence-electron chi connectivity index (χ3n) is 4.11. The summed E-state index contributed by atoms with van der Waals surface area (Å²) in [5.41, 5.74) is 7.03. The molecule has 0 unspecified atom stereocenters. The lowest BCUT2D eigenvalue weighted by molar-refractivity contribution is -0.129. The molecule has 0 radical (unpaired) electrons. The Balaban J connectivity index is 1.48. The molecule has 27 heavy (non-hydrogen) atoms. The second-order valence-electron chi connectivity index (χ2n) is 6.23. The molecule has 0 aliphatic carbocycles. The van der Waals surface area contributed by atoms with Crippen molar-refractivity contribution in [1.29, 1.82) is 0 Å². The average molecular weight is 371 g/mol. The molecule has 0 saturated heterocycles. The smallest absolute Gasteiger partial charge is 0.265 e. The Morgan fingerprint density at radius 2 is 1.93 bits per heavy atom. The summed E-state index contributed by atoms with van der Waals surface area (Å²) in [5.74, 6) is -0.387. The van der Waals surface area contributed by atoms with Crippen molar-refractivity contribution in [1.82, 2.24) is 20.6 Å². The zero-order chi connectivity index (χ0) is 19.4. The fourth-order valence-electron chi connectivity index (χ4n) is 2.82. The molecule has 142 valence electrons. The molecule has 2 N–H and O–H groups in total. The molecule has 9 nitrogen and oxygen atoms in total. The topological polar surface area (TPSA) is 106 Å². The van der Waals surface area contributed by atoms with Crippen molar-refractivity contribution < 1.29 is 19.1 Å². The quantitative estimate of drug-likeness (QED) is 0.743. The molecule has 1 aromatic carbocycles. The summed E-state index contributed by atoms with van der Waals surface area (Å²) in [5, 5.41) is 4.19. The second kappa shape index (κ2) is 7.90. The van der Waals surface area contributed by atoms with Gasteiger partial charge in [0.25, 0.3) is 11.8 Å². The van der Waals surface area contributed by atoms with Crippen LogP contribution in [-0.2, 0) is 20.9 Å². The Kier molecular flexibility index (Phi) is 5.39. The number of aryl methyl sites for hydroxylation is 2. The number of hydrogen-bond donors (Lipinski definition) is 2. The van der Waals surface area contributed by atoms with Crippen molar-refractivity contribution in [2.75, 3.05) is 18.1 Å². The minimum Gasteiger partial charge on any atom is -0.482 e. The van der Waals surface area contributed by atoms with Crippen LogP contribution in [0, 0.1) is 13.8 Å². The van der Waals surface area contributed by atoms with Crippen molar-refractivity contribution in [2.45, 2.75) is 26.8 Å². The van der Waals surface area contributed by atoms with Crippen LogP contribution >= 0.6 is 0 Å². The van der Waals surface area contributed by atoms with Crippen LogP contribution in [-0.4, -0.2) is 40.7 Å². The van der Waals surface area contributed by atoms with E-state index >= 15 is 0 Å². The van der Waals surface area contributed by atoms with E-state index in [0.29, 0.717) is 11.4 Å². The van der Waals surface area contributed by atoms with E-state index in [1.165, 1.54) is 4.90 Å². The van der Waals surface area contributed by atoms with Gasteiger partial charge >= 0.3 is 0 Å². The molecule has 0 saturated carbocycles. The van der Waals surface area contributed by atoms with Gasteiger partial charge in [-0.2, -0.15) is 5.10 Å². The third kappa shape index (κ3) is 4.43. The predicted molar refractivity (Wildman–Crippen MR) is 96.9 cm³/mol. The van der Waals surface area contributed by atoms with Crippen LogP contribution in [0.2, 0.25) is 0 Å². The summed E-state index contributed by atoms with van der Waals surface area (Å²) in [6.07, 6.45) is 0.0419. The molecular weight excluding hydrogens is 350 g/mol. The van der Waals surface area contributed by atoms with Crippen molar-refractivity contribution in [3.63, 3.8) is 0 Å². The molecule has 0 spiro atoms. The second-order valence-corrected chi connectivity index (χ2v) is 6.23. The van der Waals surface area contributed by atoms with Crippen LogP contribution in [0.4, 0.5) is 5.69 Å².